The Morgan fingerprint density at radius 3 is 2.29 bits per heavy atom. The van der Waals surface area contributed by atoms with Crippen molar-refractivity contribution in [3.63, 3.8) is 0 Å². The maximum Gasteiger partial charge on any atom is 0.0776 e. The Balaban J connectivity index is 2.44. The van der Waals surface area contributed by atoms with Crippen LogP contribution in [0.5, 0.6) is 0 Å². The topological polar surface area (TPSA) is 0 Å². The first-order valence-electron chi connectivity index (χ1n) is 7.13. The van der Waals surface area contributed by atoms with Gasteiger partial charge in [-0.1, -0.05) is 81.7 Å². The highest BCUT2D eigenvalue weighted by Crippen LogP contribution is 2.10. The van der Waals surface area contributed by atoms with E-state index in [-0.39, 0.29) is 0 Å². The Morgan fingerprint density at radius 2 is 1.65 bits per heavy atom. The van der Waals surface area contributed by atoms with Gasteiger partial charge in [0, 0.05) is 0 Å². The fraction of sp³-hybridized carbons (Fsp3) is 0.625. The van der Waals surface area contributed by atoms with Gasteiger partial charge < -0.3 is 0 Å². The summed E-state index contributed by atoms with van der Waals surface area (Å²) in [7, 11) is -1.12. The monoisotopic (exact) mass is 248 g/mol. The van der Waals surface area contributed by atoms with Crippen molar-refractivity contribution < 1.29 is 0 Å². The number of aryl methyl sites for hydroxylation is 1. The molecule has 1 heteroatoms. The number of hydrogen-bond donors (Lipinski definition) is 0. The molecule has 0 atom stereocenters. The average molecular weight is 248 g/mol. The van der Waals surface area contributed by atoms with Gasteiger partial charge in [-0.2, -0.15) is 0 Å². The second-order valence-corrected chi connectivity index (χ2v) is 11.2. The van der Waals surface area contributed by atoms with Gasteiger partial charge in [-0.3, -0.25) is 0 Å². The van der Waals surface area contributed by atoms with E-state index in [9.17, 15) is 0 Å². The first-order valence-corrected chi connectivity index (χ1v) is 10.6. The second-order valence-electron chi connectivity index (χ2n) is 6.11. The molecule has 0 spiro atoms. The Bertz CT molecular complexity index is 323. The van der Waals surface area contributed by atoms with Crippen molar-refractivity contribution in [2.45, 2.75) is 65.1 Å². The van der Waals surface area contributed by atoms with Crippen molar-refractivity contribution in [3.05, 3.63) is 29.8 Å². The zero-order valence-electron chi connectivity index (χ0n) is 12.1. The summed E-state index contributed by atoms with van der Waals surface area (Å²) in [5.74, 6) is 0. The van der Waals surface area contributed by atoms with Crippen LogP contribution in [0.3, 0.4) is 0 Å². The molecule has 1 aromatic carbocycles. The van der Waals surface area contributed by atoms with Gasteiger partial charge in [0.25, 0.3) is 0 Å². The predicted octanol–water partition coefficient (Wildman–Crippen LogP) is 4.74. The quantitative estimate of drug-likeness (QED) is 0.483. The molecule has 0 aliphatic rings. The average Bonchev–Trinajstić information content (AvgIpc) is 2.28. The molecule has 1 aromatic rings. The molecular formula is C16H28Si. The molecule has 1 rings (SSSR count). The third kappa shape index (κ3) is 5.54. The first-order chi connectivity index (χ1) is 8.04. The molecule has 0 nitrogen and oxygen atoms in total. The van der Waals surface area contributed by atoms with Crippen LogP contribution in [0, 0.1) is 0 Å². The van der Waals surface area contributed by atoms with Gasteiger partial charge in [-0.05, 0) is 18.4 Å². The zero-order chi connectivity index (χ0) is 12.7. The Hall–Kier alpha value is -0.563. The molecule has 0 saturated heterocycles. The van der Waals surface area contributed by atoms with Gasteiger partial charge in [0.2, 0.25) is 0 Å². The van der Waals surface area contributed by atoms with E-state index >= 15 is 0 Å². The lowest BCUT2D eigenvalue weighted by molar-refractivity contribution is 0.632. The summed E-state index contributed by atoms with van der Waals surface area (Å²) in [4.78, 5) is 0. The third-order valence-corrected chi connectivity index (χ3v) is 5.41. The van der Waals surface area contributed by atoms with Crippen LogP contribution in [0.1, 0.15) is 44.6 Å². The SMILES string of the molecule is CCCCCCCc1cccc([Si](C)(C)C)c1. The van der Waals surface area contributed by atoms with E-state index in [2.05, 4.69) is 50.8 Å². The molecule has 0 aliphatic heterocycles. The van der Waals surface area contributed by atoms with E-state index in [0.717, 1.165) is 0 Å². The van der Waals surface area contributed by atoms with Crippen LogP contribution in [-0.4, -0.2) is 8.07 Å². The molecule has 0 aromatic heterocycles. The lowest BCUT2D eigenvalue weighted by atomic mass is 10.1. The summed E-state index contributed by atoms with van der Waals surface area (Å²) in [6.07, 6.45) is 8.16. The minimum absolute atomic E-state index is 1.12. The van der Waals surface area contributed by atoms with Gasteiger partial charge in [-0.15, -0.1) is 0 Å². The normalized spacial score (nSPS) is 11.8. The number of hydrogen-bond acceptors (Lipinski definition) is 0. The molecule has 0 unspecified atom stereocenters. The Labute approximate surface area is 108 Å². The van der Waals surface area contributed by atoms with Crippen LogP contribution in [0.2, 0.25) is 19.6 Å². The Kier molecular flexibility index (Phi) is 5.97. The number of benzene rings is 1. The summed E-state index contributed by atoms with van der Waals surface area (Å²) < 4.78 is 0. The highest BCUT2D eigenvalue weighted by molar-refractivity contribution is 6.88. The summed E-state index contributed by atoms with van der Waals surface area (Å²) >= 11 is 0. The highest BCUT2D eigenvalue weighted by atomic mass is 28.3. The van der Waals surface area contributed by atoms with Crippen molar-refractivity contribution in [3.8, 4) is 0 Å². The lowest BCUT2D eigenvalue weighted by Crippen LogP contribution is -2.37. The van der Waals surface area contributed by atoms with Gasteiger partial charge >= 0.3 is 0 Å². The van der Waals surface area contributed by atoms with Crippen molar-refractivity contribution >= 4 is 13.3 Å². The molecule has 0 fully saturated rings. The molecule has 0 bridgehead atoms. The molecule has 0 aliphatic carbocycles. The first kappa shape index (κ1) is 14.5. The molecule has 0 heterocycles. The lowest BCUT2D eigenvalue weighted by Gasteiger charge is -2.17. The summed E-state index contributed by atoms with van der Waals surface area (Å²) in [5, 5.41) is 1.60. The van der Waals surface area contributed by atoms with E-state index in [4.69, 9.17) is 0 Å². The minimum atomic E-state index is -1.12. The van der Waals surface area contributed by atoms with Crippen molar-refractivity contribution in [2.24, 2.45) is 0 Å². The van der Waals surface area contributed by atoms with E-state index in [1.165, 1.54) is 38.5 Å². The van der Waals surface area contributed by atoms with E-state index < -0.39 is 8.07 Å². The molecule has 0 saturated carbocycles. The van der Waals surface area contributed by atoms with E-state index in [1.807, 2.05) is 0 Å². The predicted molar refractivity (Wildman–Crippen MR) is 81.9 cm³/mol. The van der Waals surface area contributed by atoms with Crippen LogP contribution in [-0.2, 0) is 6.42 Å². The van der Waals surface area contributed by atoms with Crippen LogP contribution in [0.25, 0.3) is 0 Å². The summed E-state index contributed by atoms with van der Waals surface area (Å²) in [5.41, 5.74) is 1.54. The fourth-order valence-corrected chi connectivity index (χ4v) is 3.34. The Morgan fingerprint density at radius 1 is 0.941 bits per heavy atom. The van der Waals surface area contributed by atoms with Gasteiger partial charge in [0.05, 0.1) is 8.07 Å². The fourth-order valence-electron chi connectivity index (χ4n) is 2.13. The highest BCUT2D eigenvalue weighted by Gasteiger charge is 2.15. The van der Waals surface area contributed by atoms with Gasteiger partial charge in [0.15, 0.2) is 0 Å². The summed E-state index contributed by atoms with van der Waals surface area (Å²) in [6.45, 7) is 9.55. The maximum absolute atomic E-state index is 2.45. The molecule has 0 amide bonds. The third-order valence-electron chi connectivity index (χ3n) is 3.36. The second kappa shape index (κ2) is 7.00. The smallest absolute Gasteiger partial charge is 0.0656 e. The van der Waals surface area contributed by atoms with Crippen LogP contribution in [0.4, 0.5) is 0 Å². The van der Waals surface area contributed by atoms with Crippen molar-refractivity contribution in [2.75, 3.05) is 0 Å². The van der Waals surface area contributed by atoms with Crippen molar-refractivity contribution in [1.29, 1.82) is 0 Å². The molecule has 0 radical (unpaired) electrons. The molecule has 17 heavy (non-hydrogen) atoms. The van der Waals surface area contributed by atoms with Gasteiger partial charge in [0.1, 0.15) is 0 Å². The summed E-state index contributed by atoms with van der Waals surface area (Å²) in [6, 6.07) is 9.30. The van der Waals surface area contributed by atoms with Crippen molar-refractivity contribution in [1.82, 2.24) is 0 Å². The zero-order valence-corrected chi connectivity index (χ0v) is 13.1. The molecule has 0 N–H and O–H groups in total. The minimum Gasteiger partial charge on any atom is -0.0656 e. The van der Waals surface area contributed by atoms with E-state index in [0.29, 0.717) is 0 Å². The van der Waals surface area contributed by atoms with Crippen LogP contribution in [0.15, 0.2) is 24.3 Å². The van der Waals surface area contributed by atoms with Crippen LogP contribution < -0.4 is 5.19 Å². The number of rotatable bonds is 7. The number of unbranched alkanes of at least 4 members (excludes halogenated alkanes) is 4. The molecular weight excluding hydrogens is 220 g/mol. The maximum atomic E-state index is 2.45. The standard InChI is InChI=1S/C16H28Si/c1-5-6-7-8-9-11-15-12-10-13-16(14-15)17(2,3)4/h10,12-14H,5-9,11H2,1-4H3. The van der Waals surface area contributed by atoms with Crippen LogP contribution >= 0.6 is 0 Å². The van der Waals surface area contributed by atoms with Gasteiger partial charge in [-0.25, -0.2) is 0 Å². The molecule has 96 valence electrons. The van der Waals surface area contributed by atoms with E-state index in [1.54, 1.807) is 10.8 Å². The largest absolute Gasteiger partial charge is 0.0776 e.